The monoisotopic (exact) mass is 312 g/mol. The fraction of sp³-hybridized carbons (Fsp3) is 0.533. The topological polar surface area (TPSA) is 41.1 Å². The highest BCUT2D eigenvalue weighted by atomic mass is 35.5. The van der Waals surface area contributed by atoms with Gasteiger partial charge >= 0.3 is 6.03 Å². The molecule has 2 aliphatic rings. The summed E-state index contributed by atoms with van der Waals surface area (Å²) in [6, 6.07) is 4.84. The molecule has 0 saturated heterocycles. The predicted molar refractivity (Wildman–Crippen MR) is 82.4 cm³/mol. The summed E-state index contributed by atoms with van der Waals surface area (Å²) in [5, 5.41) is 6.73. The van der Waals surface area contributed by atoms with E-state index in [1.807, 2.05) is 0 Å². The van der Waals surface area contributed by atoms with Crippen LogP contribution in [0.5, 0.6) is 0 Å². The minimum atomic E-state index is -0.197. The zero-order valence-electron chi connectivity index (χ0n) is 11.2. The first-order valence-electron chi connectivity index (χ1n) is 7.11. The number of anilines is 1. The van der Waals surface area contributed by atoms with E-state index in [1.54, 1.807) is 18.2 Å². The summed E-state index contributed by atoms with van der Waals surface area (Å²) in [4.78, 5) is 11.9. The maximum Gasteiger partial charge on any atom is 0.319 e. The van der Waals surface area contributed by atoms with Gasteiger partial charge in [-0.3, -0.25) is 0 Å². The van der Waals surface area contributed by atoms with Gasteiger partial charge in [0.2, 0.25) is 0 Å². The summed E-state index contributed by atoms with van der Waals surface area (Å²) in [6.45, 7) is 0.762. The molecule has 2 saturated carbocycles. The fourth-order valence-electron chi connectivity index (χ4n) is 3.61. The van der Waals surface area contributed by atoms with Crippen LogP contribution < -0.4 is 10.6 Å². The number of fused-ring (bicyclic) bond motifs is 2. The highest BCUT2D eigenvalue weighted by Gasteiger charge is 2.39. The fourth-order valence-corrected chi connectivity index (χ4v) is 4.06. The summed E-state index contributed by atoms with van der Waals surface area (Å²) in [6.07, 6.45) is 5.35. The highest BCUT2D eigenvalue weighted by molar-refractivity contribution is 6.36. The van der Waals surface area contributed by atoms with Crippen molar-refractivity contribution < 1.29 is 4.79 Å². The van der Waals surface area contributed by atoms with Crippen molar-refractivity contribution in [1.82, 2.24) is 5.32 Å². The van der Waals surface area contributed by atoms with Gasteiger partial charge in [-0.2, -0.15) is 0 Å². The molecule has 3 nitrogen and oxygen atoms in total. The molecule has 3 atom stereocenters. The largest absolute Gasteiger partial charge is 0.338 e. The zero-order valence-corrected chi connectivity index (χ0v) is 12.7. The van der Waals surface area contributed by atoms with Crippen molar-refractivity contribution in [2.24, 2.45) is 17.8 Å². The van der Waals surface area contributed by atoms with Crippen molar-refractivity contribution in [3.05, 3.63) is 28.2 Å². The molecule has 3 rings (SSSR count). The molecule has 2 N–H and O–H groups in total. The SMILES string of the molecule is O=C(NC[C@H]1C[C@H]2CC[C@@H]1C2)Nc1ccc(Cl)cc1Cl. The van der Waals surface area contributed by atoms with Crippen molar-refractivity contribution in [1.29, 1.82) is 0 Å². The van der Waals surface area contributed by atoms with Crippen LogP contribution in [0.15, 0.2) is 18.2 Å². The number of benzene rings is 1. The smallest absolute Gasteiger partial charge is 0.319 e. The van der Waals surface area contributed by atoms with Crippen LogP contribution >= 0.6 is 23.2 Å². The van der Waals surface area contributed by atoms with E-state index in [-0.39, 0.29) is 6.03 Å². The van der Waals surface area contributed by atoms with Crippen molar-refractivity contribution in [3.63, 3.8) is 0 Å². The van der Waals surface area contributed by atoms with Gasteiger partial charge in [0, 0.05) is 11.6 Å². The van der Waals surface area contributed by atoms with E-state index in [0.29, 0.717) is 21.7 Å². The van der Waals surface area contributed by atoms with E-state index >= 15 is 0 Å². The second kappa shape index (κ2) is 5.82. The van der Waals surface area contributed by atoms with Crippen LogP contribution in [0, 0.1) is 17.8 Å². The number of hydrogen-bond acceptors (Lipinski definition) is 1. The quantitative estimate of drug-likeness (QED) is 0.844. The van der Waals surface area contributed by atoms with E-state index in [1.165, 1.54) is 25.7 Å². The summed E-state index contributed by atoms with van der Waals surface area (Å²) >= 11 is 11.8. The lowest BCUT2D eigenvalue weighted by molar-refractivity contribution is 0.245. The summed E-state index contributed by atoms with van der Waals surface area (Å²) in [5.74, 6) is 2.38. The summed E-state index contributed by atoms with van der Waals surface area (Å²) in [5.41, 5.74) is 0.585. The molecule has 5 heteroatoms. The Bertz CT molecular complexity index is 521. The summed E-state index contributed by atoms with van der Waals surface area (Å²) < 4.78 is 0. The first kappa shape index (κ1) is 14.0. The average molecular weight is 313 g/mol. The van der Waals surface area contributed by atoms with Crippen LogP contribution in [0.1, 0.15) is 25.7 Å². The third-order valence-corrected chi connectivity index (χ3v) is 5.14. The molecule has 1 aromatic rings. The number of hydrogen-bond donors (Lipinski definition) is 2. The van der Waals surface area contributed by atoms with E-state index < -0.39 is 0 Å². The van der Waals surface area contributed by atoms with E-state index in [0.717, 1.165) is 18.4 Å². The standard InChI is InChI=1S/C15H18Cl2N2O/c16-12-3-4-14(13(17)7-12)19-15(20)18-8-11-6-9-1-2-10(11)5-9/h3-4,7,9-11H,1-2,5-6,8H2,(H2,18,19,20)/t9-,10+,11+/m0/s1. The van der Waals surface area contributed by atoms with Gasteiger partial charge in [-0.1, -0.05) is 29.6 Å². The Morgan fingerprint density at radius 3 is 2.75 bits per heavy atom. The number of carbonyl (C=O) groups excluding carboxylic acids is 1. The van der Waals surface area contributed by atoms with E-state index in [4.69, 9.17) is 23.2 Å². The van der Waals surface area contributed by atoms with Gasteiger partial charge in [-0.15, -0.1) is 0 Å². The lowest BCUT2D eigenvalue weighted by Gasteiger charge is -2.22. The Kier molecular flexibility index (Phi) is 4.08. The second-order valence-electron chi connectivity index (χ2n) is 5.89. The Morgan fingerprint density at radius 1 is 1.25 bits per heavy atom. The molecule has 0 heterocycles. The molecule has 2 amide bonds. The number of carbonyl (C=O) groups is 1. The van der Waals surface area contributed by atoms with Gasteiger partial charge in [-0.25, -0.2) is 4.79 Å². The van der Waals surface area contributed by atoms with Crippen molar-refractivity contribution in [2.75, 3.05) is 11.9 Å². The normalized spacial score (nSPS) is 27.6. The van der Waals surface area contributed by atoms with Crippen LogP contribution in [0.3, 0.4) is 0 Å². The third-order valence-electron chi connectivity index (χ3n) is 4.59. The molecule has 108 valence electrons. The van der Waals surface area contributed by atoms with Crippen LogP contribution in [-0.2, 0) is 0 Å². The summed E-state index contributed by atoms with van der Waals surface area (Å²) in [7, 11) is 0. The molecule has 0 spiro atoms. The van der Waals surface area contributed by atoms with Gasteiger partial charge in [0.05, 0.1) is 10.7 Å². The number of rotatable bonds is 3. The Hall–Kier alpha value is -0.930. The van der Waals surface area contributed by atoms with E-state index in [9.17, 15) is 4.79 Å². The minimum absolute atomic E-state index is 0.197. The third kappa shape index (κ3) is 3.04. The van der Waals surface area contributed by atoms with Gasteiger partial charge in [0.1, 0.15) is 0 Å². The molecular weight excluding hydrogens is 295 g/mol. The highest BCUT2D eigenvalue weighted by Crippen LogP contribution is 2.47. The maximum atomic E-state index is 11.9. The molecule has 1 aromatic carbocycles. The van der Waals surface area contributed by atoms with Crippen molar-refractivity contribution in [2.45, 2.75) is 25.7 Å². The van der Waals surface area contributed by atoms with Crippen LogP contribution in [0.25, 0.3) is 0 Å². The van der Waals surface area contributed by atoms with Gasteiger partial charge in [-0.05, 0) is 55.2 Å². The van der Waals surface area contributed by atoms with Crippen molar-refractivity contribution >= 4 is 34.9 Å². The molecule has 2 fully saturated rings. The molecule has 2 aliphatic carbocycles. The molecule has 0 radical (unpaired) electrons. The predicted octanol–water partition coefficient (Wildman–Crippen LogP) is 4.55. The van der Waals surface area contributed by atoms with Gasteiger partial charge in [0.15, 0.2) is 0 Å². The second-order valence-corrected chi connectivity index (χ2v) is 6.74. The Balaban J connectivity index is 1.50. The molecule has 0 aromatic heterocycles. The molecule has 0 unspecified atom stereocenters. The zero-order chi connectivity index (χ0) is 14.1. The number of urea groups is 1. The van der Waals surface area contributed by atoms with Crippen LogP contribution in [-0.4, -0.2) is 12.6 Å². The Labute approximate surface area is 129 Å². The minimum Gasteiger partial charge on any atom is -0.338 e. The van der Waals surface area contributed by atoms with Crippen molar-refractivity contribution in [3.8, 4) is 0 Å². The first-order valence-corrected chi connectivity index (χ1v) is 7.87. The average Bonchev–Trinajstić information content (AvgIpc) is 3.02. The van der Waals surface area contributed by atoms with Crippen LogP contribution in [0.2, 0.25) is 10.0 Å². The number of nitrogens with one attached hydrogen (secondary N) is 2. The van der Waals surface area contributed by atoms with E-state index in [2.05, 4.69) is 10.6 Å². The first-order chi connectivity index (χ1) is 9.61. The Morgan fingerprint density at radius 2 is 2.10 bits per heavy atom. The lowest BCUT2D eigenvalue weighted by atomic mass is 9.89. The van der Waals surface area contributed by atoms with Crippen LogP contribution in [0.4, 0.5) is 10.5 Å². The number of halogens is 2. The maximum absolute atomic E-state index is 11.9. The molecular formula is C15H18Cl2N2O. The van der Waals surface area contributed by atoms with Gasteiger partial charge in [0.25, 0.3) is 0 Å². The molecule has 20 heavy (non-hydrogen) atoms. The molecule has 2 bridgehead atoms. The molecule has 0 aliphatic heterocycles. The lowest BCUT2D eigenvalue weighted by Crippen LogP contribution is -2.34. The number of amides is 2. The van der Waals surface area contributed by atoms with Gasteiger partial charge < -0.3 is 10.6 Å².